The highest BCUT2D eigenvalue weighted by atomic mass is 35.5. The molecule has 12 heteroatoms. The summed E-state index contributed by atoms with van der Waals surface area (Å²) in [5.74, 6) is -0.532. The van der Waals surface area contributed by atoms with E-state index in [2.05, 4.69) is 81.7 Å². The van der Waals surface area contributed by atoms with E-state index in [4.69, 9.17) is 27.9 Å². The molecular weight excluding hydrogens is 650 g/mol. The fraction of sp³-hybridized carbons (Fsp3) is 0.333. The van der Waals surface area contributed by atoms with Crippen LogP contribution < -0.4 is 21.6 Å². The number of fused-ring (bicyclic) bond motifs is 1. The van der Waals surface area contributed by atoms with Crippen LogP contribution in [0.2, 0.25) is 10.0 Å². The minimum atomic E-state index is -0.532. The molecule has 3 heterocycles. The molecule has 0 radical (unpaired) electrons. The predicted octanol–water partition coefficient (Wildman–Crippen LogP) is 8.02. The van der Waals surface area contributed by atoms with Gasteiger partial charge in [-0.25, -0.2) is 4.39 Å². The number of benzene rings is 3. The first-order valence-electron chi connectivity index (χ1n) is 15.9. The summed E-state index contributed by atoms with van der Waals surface area (Å²) in [6.45, 7) is 9.35. The van der Waals surface area contributed by atoms with Gasteiger partial charge in [0, 0.05) is 60.9 Å². The first-order chi connectivity index (χ1) is 23.0. The zero-order valence-electron chi connectivity index (χ0n) is 27.4. The van der Waals surface area contributed by atoms with E-state index in [-0.39, 0.29) is 16.6 Å². The van der Waals surface area contributed by atoms with E-state index >= 15 is 0 Å². The number of halogens is 3. The van der Waals surface area contributed by atoms with Crippen molar-refractivity contribution in [1.82, 2.24) is 25.9 Å². The van der Waals surface area contributed by atoms with Gasteiger partial charge in [0.1, 0.15) is 11.9 Å². The molecule has 0 saturated carbocycles. The van der Waals surface area contributed by atoms with Gasteiger partial charge in [-0.1, -0.05) is 47.5 Å². The molecular formula is C36H39Cl2FN8O. The lowest BCUT2D eigenvalue weighted by atomic mass is 9.97. The Bertz CT molecular complexity index is 1880. The van der Waals surface area contributed by atoms with E-state index < -0.39 is 5.82 Å². The summed E-state index contributed by atoms with van der Waals surface area (Å²) >= 11 is 12.9. The number of nitriles is 1. The quantitative estimate of drug-likeness (QED) is 0.139. The third kappa shape index (κ3) is 7.31. The van der Waals surface area contributed by atoms with Gasteiger partial charge in [-0.3, -0.25) is 14.9 Å². The Balaban J connectivity index is 1.36. The van der Waals surface area contributed by atoms with Gasteiger partial charge in [0.15, 0.2) is 0 Å². The number of hydrazine groups is 2. The molecule has 2 aliphatic heterocycles. The van der Waals surface area contributed by atoms with E-state index in [9.17, 15) is 9.65 Å². The average molecular weight is 690 g/mol. The number of hydrogen-bond acceptors (Lipinski definition) is 9. The topological polar surface area (TPSA) is 101 Å². The molecule has 0 aliphatic carbocycles. The third-order valence-electron chi connectivity index (χ3n) is 8.87. The summed E-state index contributed by atoms with van der Waals surface area (Å²) in [5.41, 5.74) is 12.5. The number of likely N-dealkylation sites (tertiary alicyclic amines) is 1. The van der Waals surface area contributed by atoms with Crippen molar-refractivity contribution < 1.29 is 9.13 Å². The Morgan fingerprint density at radius 3 is 2.56 bits per heavy atom. The highest BCUT2D eigenvalue weighted by Gasteiger charge is 2.32. The molecule has 250 valence electrons. The highest BCUT2D eigenvalue weighted by Crippen LogP contribution is 2.38. The lowest BCUT2D eigenvalue weighted by Crippen LogP contribution is -2.52. The lowest BCUT2D eigenvalue weighted by molar-refractivity contribution is 0.0570. The summed E-state index contributed by atoms with van der Waals surface area (Å²) in [4.78, 5) is 7.02. The van der Waals surface area contributed by atoms with Gasteiger partial charge < -0.3 is 20.8 Å². The Kier molecular flexibility index (Phi) is 9.97. The van der Waals surface area contributed by atoms with Crippen LogP contribution in [0.15, 0.2) is 72.7 Å². The van der Waals surface area contributed by atoms with Crippen molar-refractivity contribution in [2.75, 3.05) is 30.8 Å². The largest absolute Gasteiger partial charge is 0.380 e. The number of aromatic nitrogens is 1. The van der Waals surface area contributed by atoms with Crippen molar-refractivity contribution in [3.8, 4) is 6.07 Å². The fourth-order valence-electron chi connectivity index (χ4n) is 6.32. The van der Waals surface area contributed by atoms with Crippen LogP contribution in [-0.4, -0.2) is 46.7 Å². The number of hydrogen-bond donors (Lipinski definition) is 4. The number of ether oxygens (including phenoxy) is 1. The van der Waals surface area contributed by atoms with Gasteiger partial charge in [-0.15, -0.1) is 5.53 Å². The monoisotopic (exact) mass is 688 g/mol. The number of nitrogens with one attached hydrogen (secondary N) is 4. The zero-order chi connectivity index (χ0) is 34.0. The maximum absolute atomic E-state index is 13.9. The first kappa shape index (κ1) is 33.8. The summed E-state index contributed by atoms with van der Waals surface area (Å²) in [6.07, 6.45) is 5.70. The van der Waals surface area contributed by atoms with Gasteiger partial charge >= 0.3 is 0 Å². The molecule has 1 aromatic heterocycles. The molecule has 0 amide bonds. The van der Waals surface area contributed by atoms with E-state index in [0.717, 1.165) is 42.8 Å². The number of anilines is 3. The number of rotatable bonds is 9. The molecule has 6 rings (SSSR count). The smallest absolute Gasteiger partial charge is 0.141 e. The number of nitrogens with zero attached hydrogens (tertiary/aromatic N) is 4. The summed E-state index contributed by atoms with van der Waals surface area (Å²) in [5, 5.41) is 20.1. The molecule has 4 aromatic rings. The fourth-order valence-corrected chi connectivity index (χ4v) is 6.77. The zero-order valence-corrected chi connectivity index (χ0v) is 28.9. The molecule has 0 bridgehead atoms. The summed E-state index contributed by atoms with van der Waals surface area (Å²) in [7, 11) is 1.68. The van der Waals surface area contributed by atoms with E-state index in [1.54, 1.807) is 13.2 Å². The Morgan fingerprint density at radius 1 is 1.08 bits per heavy atom. The third-order valence-corrected chi connectivity index (χ3v) is 9.44. The van der Waals surface area contributed by atoms with Crippen molar-refractivity contribution in [1.29, 1.82) is 5.26 Å². The van der Waals surface area contributed by atoms with Gasteiger partial charge in [0.05, 0.1) is 45.2 Å². The minimum Gasteiger partial charge on any atom is -0.380 e. The van der Waals surface area contributed by atoms with Gasteiger partial charge in [-0.05, 0) is 75.1 Å². The SMILES string of the molecule is COCc1cccc([C@H](Nc2cc(Cl)c3ncc(C#N)c(Nc4ccc(F)c(Cl)c4)c3c2)C2=CN(C3CCN(C(C)(C)C)CC3)NN2)c1. The molecule has 0 spiro atoms. The molecule has 1 fully saturated rings. The maximum atomic E-state index is 13.9. The molecule has 0 unspecified atom stereocenters. The van der Waals surface area contributed by atoms with Crippen molar-refractivity contribution >= 4 is 51.2 Å². The number of pyridine rings is 1. The molecule has 48 heavy (non-hydrogen) atoms. The van der Waals surface area contributed by atoms with Crippen LogP contribution in [0.3, 0.4) is 0 Å². The summed E-state index contributed by atoms with van der Waals surface area (Å²) in [6, 6.07) is 18.6. The van der Waals surface area contributed by atoms with Gasteiger partial charge in [0.2, 0.25) is 0 Å². The maximum Gasteiger partial charge on any atom is 0.141 e. The Morgan fingerprint density at radius 2 is 1.85 bits per heavy atom. The number of methoxy groups -OCH3 is 1. The molecule has 3 aromatic carbocycles. The number of piperidine rings is 1. The van der Waals surface area contributed by atoms with Gasteiger partial charge in [0.25, 0.3) is 0 Å². The normalized spacial score (nSPS) is 16.4. The standard InChI is InChI=1S/C36H39Cl2FN8O/c1-36(2,3)46-12-10-27(11-13-46)47-20-32(44-45-47)34(23-7-5-6-22(14-23)21-48-4)43-26-15-28-33(42-25-8-9-31(39)29(37)16-25)24(18-40)19-41-35(28)30(38)17-26/h5-9,14-17,19-20,27,34,43-45H,10-13,21H2,1-4H3,(H,41,42)/t34-/m0/s1. The average Bonchev–Trinajstić information content (AvgIpc) is 3.56. The van der Waals surface area contributed by atoms with Crippen LogP contribution in [0.1, 0.15) is 56.3 Å². The van der Waals surface area contributed by atoms with Crippen molar-refractivity contribution in [2.24, 2.45) is 0 Å². The molecule has 4 N–H and O–H groups in total. The Labute approximate surface area is 290 Å². The van der Waals surface area contributed by atoms with Gasteiger partial charge in [-0.2, -0.15) is 5.26 Å². The van der Waals surface area contributed by atoms with Crippen molar-refractivity contribution in [2.45, 2.75) is 57.8 Å². The van der Waals surface area contributed by atoms with E-state index in [1.165, 1.54) is 18.3 Å². The second kappa shape index (κ2) is 14.2. The molecule has 1 atom stereocenters. The first-order valence-corrected chi connectivity index (χ1v) is 16.6. The summed E-state index contributed by atoms with van der Waals surface area (Å²) < 4.78 is 19.3. The predicted molar refractivity (Wildman–Crippen MR) is 190 cm³/mol. The molecule has 1 saturated heterocycles. The van der Waals surface area contributed by atoms with E-state index in [0.29, 0.717) is 51.2 Å². The van der Waals surface area contributed by atoms with Crippen LogP contribution >= 0.6 is 23.2 Å². The van der Waals surface area contributed by atoms with Crippen LogP contribution in [-0.2, 0) is 11.3 Å². The molecule has 9 nitrogen and oxygen atoms in total. The van der Waals surface area contributed by atoms with Crippen molar-refractivity contribution in [3.05, 3.63) is 105 Å². The Hall–Kier alpha value is -4.11. The van der Waals surface area contributed by atoms with Crippen LogP contribution in [0.4, 0.5) is 21.5 Å². The highest BCUT2D eigenvalue weighted by molar-refractivity contribution is 6.36. The minimum absolute atomic E-state index is 0.0319. The second-order valence-electron chi connectivity index (χ2n) is 13.1. The lowest BCUT2D eigenvalue weighted by Gasteiger charge is -2.42. The van der Waals surface area contributed by atoms with Crippen LogP contribution in [0.5, 0.6) is 0 Å². The van der Waals surface area contributed by atoms with Crippen LogP contribution in [0, 0.1) is 17.1 Å². The van der Waals surface area contributed by atoms with Crippen molar-refractivity contribution in [3.63, 3.8) is 0 Å². The van der Waals surface area contributed by atoms with Crippen LogP contribution in [0.25, 0.3) is 10.9 Å². The second-order valence-corrected chi connectivity index (χ2v) is 14.0. The van der Waals surface area contributed by atoms with E-state index in [1.807, 2.05) is 24.3 Å². The molecule has 2 aliphatic rings.